The van der Waals surface area contributed by atoms with Crippen molar-refractivity contribution in [3.05, 3.63) is 33.9 Å². The van der Waals surface area contributed by atoms with Crippen LogP contribution in [0, 0.1) is 22.0 Å². The van der Waals surface area contributed by atoms with Gasteiger partial charge in [0.1, 0.15) is 0 Å². The minimum Gasteiger partial charge on any atom is -0.502 e. The normalized spacial score (nSPS) is 25.3. The molecule has 0 heterocycles. The van der Waals surface area contributed by atoms with Gasteiger partial charge in [-0.2, -0.15) is 0 Å². The molecule has 3 unspecified atom stereocenters. The molecule has 0 radical (unpaired) electrons. The summed E-state index contributed by atoms with van der Waals surface area (Å²) in [5.74, 6) is -0.0163. The molecule has 1 saturated carbocycles. The van der Waals surface area contributed by atoms with Crippen LogP contribution in [0.15, 0.2) is 18.2 Å². The summed E-state index contributed by atoms with van der Waals surface area (Å²) in [6.45, 7) is 4.29. The molecule has 6 nitrogen and oxygen atoms in total. The highest BCUT2D eigenvalue weighted by Crippen LogP contribution is 2.31. The number of amides is 1. The van der Waals surface area contributed by atoms with E-state index in [1.54, 1.807) is 0 Å². The molecule has 1 amide bonds. The van der Waals surface area contributed by atoms with E-state index in [-0.39, 0.29) is 11.6 Å². The Kier molecular flexibility index (Phi) is 4.45. The van der Waals surface area contributed by atoms with E-state index in [0.717, 1.165) is 19.3 Å². The standard InChI is InChI=1S/C15H20N2O4/c1-9-6-7-12(10(2)8-9)16-15(19)11-4-3-5-13(14(11)18)17(20)21/h3-5,9-10,12,18H,6-8H2,1-2H3,(H,16,19). The predicted octanol–water partition coefficient (Wildman–Crippen LogP) is 2.85. The Hall–Kier alpha value is -2.11. The minimum atomic E-state index is -0.697. The molecule has 1 aromatic carbocycles. The number of benzene rings is 1. The maximum Gasteiger partial charge on any atom is 0.311 e. The number of phenols is 1. The largest absolute Gasteiger partial charge is 0.502 e. The number of hydrogen-bond donors (Lipinski definition) is 2. The molecule has 3 atom stereocenters. The Morgan fingerprint density at radius 2 is 2.10 bits per heavy atom. The third-order valence-corrected chi connectivity index (χ3v) is 4.20. The van der Waals surface area contributed by atoms with Gasteiger partial charge < -0.3 is 10.4 Å². The van der Waals surface area contributed by atoms with Gasteiger partial charge in [-0.25, -0.2) is 0 Å². The Labute approximate surface area is 123 Å². The van der Waals surface area contributed by atoms with Crippen molar-refractivity contribution >= 4 is 11.6 Å². The SMILES string of the molecule is CC1CCC(NC(=O)c2cccc([N+](=O)[O-])c2O)C(C)C1. The topological polar surface area (TPSA) is 92.5 Å². The maximum absolute atomic E-state index is 12.2. The first-order chi connectivity index (χ1) is 9.90. The monoisotopic (exact) mass is 292 g/mol. The second-order valence-corrected chi connectivity index (χ2v) is 5.91. The smallest absolute Gasteiger partial charge is 0.311 e. The number of para-hydroxylation sites is 1. The van der Waals surface area contributed by atoms with Gasteiger partial charge in [-0.3, -0.25) is 14.9 Å². The second kappa shape index (κ2) is 6.11. The molecule has 2 rings (SSSR count). The lowest BCUT2D eigenvalue weighted by molar-refractivity contribution is -0.385. The zero-order valence-electron chi connectivity index (χ0n) is 12.2. The number of aromatic hydroxyl groups is 1. The van der Waals surface area contributed by atoms with E-state index in [2.05, 4.69) is 19.2 Å². The zero-order chi connectivity index (χ0) is 15.6. The van der Waals surface area contributed by atoms with Crippen molar-refractivity contribution in [1.82, 2.24) is 5.32 Å². The van der Waals surface area contributed by atoms with E-state index >= 15 is 0 Å². The number of hydrogen-bond acceptors (Lipinski definition) is 4. The van der Waals surface area contributed by atoms with E-state index in [1.807, 2.05) is 0 Å². The molecule has 1 fully saturated rings. The van der Waals surface area contributed by atoms with Crippen molar-refractivity contribution in [2.24, 2.45) is 11.8 Å². The Bertz CT molecular complexity index is 559. The quantitative estimate of drug-likeness (QED) is 0.661. The van der Waals surface area contributed by atoms with Gasteiger partial charge in [0.2, 0.25) is 5.75 Å². The molecule has 0 spiro atoms. The van der Waals surface area contributed by atoms with Gasteiger partial charge in [-0.05, 0) is 37.2 Å². The van der Waals surface area contributed by atoms with Crippen molar-refractivity contribution in [2.75, 3.05) is 0 Å². The number of carbonyl (C=O) groups excluding carboxylic acids is 1. The molecule has 114 valence electrons. The molecule has 6 heteroatoms. The molecular formula is C15H20N2O4. The van der Waals surface area contributed by atoms with E-state index in [1.165, 1.54) is 18.2 Å². The summed E-state index contributed by atoms with van der Waals surface area (Å²) in [7, 11) is 0. The average molecular weight is 292 g/mol. The summed E-state index contributed by atoms with van der Waals surface area (Å²) in [4.78, 5) is 22.3. The molecule has 21 heavy (non-hydrogen) atoms. The van der Waals surface area contributed by atoms with Crippen LogP contribution in [0.2, 0.25) is 0 Å². The first-order valence-corrected chi connectivity index (χ1v) is 7.17. The fourth-order valence-corrected chi connectivity index (χ4v) is 2.99. The summed E-state index contributed by atoms with van der Waals surface area (Å²) >= 11 is 0. The summed E-state index contributed by atoms with van der Waals surface area (Å²) in [5.41, 5.74) is -0.497. The van der Waals surface area contributed by atoms with Gasteiger partial charge in [0, 0.05) is 12.1 Å². The predicted molar refractivity (Wildman–Crippen MR) is 78.2 cm³/mol. The van der Waals surface area contributed by atoms with Crippen molar-refractivity contribution < 1.29 is 14.8 Å². The Morgan fingerprint density at radius 3 is 2.71 bits per heavy atom. The zero-order valence-corrected chi connectivity index (χ0v) is 12.2. The lowest BCUT2D eigenvalue weighted by atomic mass is 9.80. The number of nitro benzene ring substituents is 1. The van der Waals surface area contributed by atoms with Crippen molar-refractivity contribution in [3.8, 4) is 5.75 Å². The van der Waals surface area contributed by atoms with Crippen LogP contribution >= 0.6 is 0 Å². The van der Waals surface area contributed by atoms with Crippen LogP contribution in [0.1, 0.15) is 43.5 Å². The van der Waals surface area contributed by atoms with E-state index < -0.39 is 22.3 Å². The van der Waals surface area contributed by atoms with E-state index in [0.29, 0.717) is 11.8 Å². The number of nitrogens with zero attached hydrogens (tertiary/aromatic N) is 1. The van der Waals surface area contributed by atoms with Crippen LogP contribution in [0.3, 0.4) is 0 Å². The third-order valence-electron chi connectivity index (χ3n) is 4.20. The summed E-state index contributed by atoms with van der Waals surface area (Å²) in [5, 5.41) is 23.5. The summed E-state index contributed by atoms with van der Waals surface area (Å²) < 4.78 is 0. The van der Waals surface area contributed by atoms with Crippen LogP contribution < -0.4 is 5.32 Å². The van der Waals surface area contributed by atoms with Gasteiger partial charge in [0.25, 0.3) is 5.91 Å². The lowest BCUT2D eigenvalue weighted by Gasteiger charge is -2.33. The highest BCUT2D eigenvalue weighted by Gasteiger charge is 2.28. The number of nitro groups is 1. The molecular weight excluding hydrogens is 272 g/mol. The van der Waals surface area contributed by atoms with Crippen LogP contribution in [-0.2, 0) is 0 Å². The first kappa shape index (κ1) is 15.3. The lowest BCUT2D eigenvalue weighted by Crippen LogP contribution is -2.42. The van der Waals surface area contributed by atoms with Gasteiger partial charge in [0.15, 0.2) is 0 Å². The first-order valence-electron chi connectivity index (χ1n) is 7.17. The fraction of sp³-hybridized carbons (Fsp3) is 0.533. The van der Waals surface area contributed by atoms with Crippen LogP contribution in [0.25, 0.3) is 0 Å². The molecule has 1 aliphatic carbocycles. The molecule has 0 bridgehead atoms. The fourth-order valence-electron chi connectivity index (χ4n) is 2.99. The second-order valence-electron chi connectivity index (χ2n) is 5.91. The number of rotatable bonds is 3. The average Bonchev–Trinajstić information content (AvgIpc) is 2.41. The molecule has 2 N–H and O–H groups in total. The van der Waals surface area contributed by atoms with Crippen molar-refractivity contribution in [3.63, 3.8) is 0 Å². The summed E-state index contributed by atoms with van der Waals surface area (Å²) in [6.07, 6.45) is 2.99. The van der Waals surface area contributed by atoms with Crippen molar-refractivity contribution in [1.29, 1.82) is 0 Å². The molecule has 0 saturated heterocycles. The molecule has 0 aromatic heterocycles. The van der Waals surface area contributed by atoms with E-state index in [9.17, 15) is 20.0 Å². The highest BCUT2D eigenvalue weighted by atomic mass is 16.6. The molecule has 1 aliphatic rings. The number of carbonyl (C=O) groups is 1. The van der Waals surface area contributed by atoms with Crippen LogP contribution in [-0.4, -0.2) is 22.0 Å². The van der Waals surface area contributed by atoms with Crippen LogP contribution in [0.5, 0.6) is 5.75 Å². The van der Waals surface area contributed by atoms with Crippen molar-refractivity contribution in [2.45, 2.75) is 39.2 Å². The van der Waals surface area contributed by atoms with Gasteiger partial charge in [-0.15, -0.1) is 0 Å². The Morgan fingerprint density at radius 1 is 1.38 bits per heavy atom. The van der Waals surface area contributed by atoms with Gasteiger partial charge >= 0.3 is 5.69 Å². The highest BCUT2D eigenvalue weighted by molar-refractivity contribution is 5.98. The minimum absolute atomic E-state index is 0.0463. The maximum atomic E-state index is 12.2. The summed E-state index contributed by atoms with van der Waals surface area (Å²) in [6, 6.07) is 4.02. The molecule has 0 aliphatic heterocycles. The van der Waals surface area contributed by atoms with E-state index in [4.69, 9.17) is 0 Å². The van der Waals surface area contributed by atoms with Gasteiger partial charge in [0.05, 0.1) is 10.5 Å². The number of nitrogens with one attached hydrogen (secondary N) is 1. The molecule has 1 aromatic rings. The Balaban J connectivity index is 2.14. The third kappa shape index (κ3) is 3.32. The van der Waals surface area contributed by atoms with Gasteiger partial charge in [-0.1, -0.05) is 19.9 Å². The van der Waals surface area contributed by atoms with Crippen LogP contribution in [0.4, 0.5) is 5.69 Å². The number of phenolic OH excluding ortho intramolecular Hbond substituents is 1.